The number of ketones is 1. The van der Waals surface area contributed by atoms with Crippen molar-refractivity contribution in [1.82, 2.24) is 0 Å². The summed E-state index contributed by atoms with van der Waals surface area (Å²) < 4.78 is 27.8. The van der Waals surface area contributed by atoms with Gasteiger partial charge in [0.05, 0.1) is 19.8 Å². The summed E-state index contributed by atoms with van der Waals surface area (Å²) in [6.07, 6.45) is 0.155. The van der Waals surface area contributed by atoms with E-state index in [-0.39, 0.29) is 26.2 Å². The third-order valence-electron chi connectivity index (χ3n) is 2.84. The van der Waals surface area contributed by atoms with E-state index >= 15 is 0 Å². The number of ether oxygens (including phenoxy) is 1. The van der Waals surface area contributed by atoms with Crippen molar-refractivity contribution in [3.8, 4) is 0 Å². The van der Waals surface area contributed by atoms with Crippen LogP contribution in [0.4, 0.5) is 0 Å². The van der Waals surface area contributed by atoms with Crippen LogP contribution in [0.3, 0.4) is 0 Å². The van der Waals surface area contributed by atoms with Gasteiger partial charge in [0.15, 0.2) is 0 Å². The van der Waals surface area contributed by atoms with Gasteiger partial charge in [0.25, 0.3) is 5.78 Å². The van der Waals surface area contributed by atoms with Crippen molar-refractivity contribution >= 4 is 19.3 Å². The Balaban J connectivity index is 5.47. The Morgan fingerprint density at radius 3 is 1.79 bits per heavy atom. The highest BCUT2D eigenvalue weighted by molar-refractivity contribution is 7.57. The Morgan fingerprint density at radius 1 is 1.00 bits per heavy atom. The Kier molecular flexibility index (Phi) is 7.49. The van der Waals surface area contributed by atoms with Gasteiger partial charge in [0, 0.05) is 0 Å². The summed E-state index contributed by atoms with van der Waals surface area (Å²) in [5.41, 5.74) is 0. The predicted octanol–water partition coefficient (Wildman–Crippen LogP) is 2.55. The van der Waals surface area contributed by atoms with Crippen molar-refractivity contribution in [2.45, 2.75) is 46.2 Å². The molecule has 0 fully saturated rings. The molecule has 0 spiro atoms. The van der Waals surface area contributed by atoms with Crippen molar-refractivity contribution in [1.29, 1.82) is 0 Å². The summed E-state index contributed by atoms with van der Waals surface area (Å²) >= 11 is 0. The lowest BCUT2D eigenvalue weighted by Gasteiger charge is -2.32. The fourth-order valence-corrected chi connectivity index (χ4v) is 3.61. The first-order valence-corrected chi connectivity index (χ1v) is 7.97. The van der Waals surface area contributed by atoms with Crippen LogP contribution in [0.5, 0.6) is 0 Å². The van der Waals surface area contributed by atoms with E-state index in [4.69, 9.17) is 9.05 Å². The molecule has 0 rings (SSSR count). The number of rotatable bonds is 9. The van der Waals surface area contributed by atoms with Crippen LogP contribution in [0.25, 0.3) is 0 Å². The molecule has 0 aromatic rings. The molecule has 0 saturated carbocycles. The summed E-state index contributed by atoms with van der Waals surface area (Å²) in [6.45, 7) is 8.30. The topological polar surface area (TPSA) is 78.9 Å². The molecule has 0 heterocycles. The maximum Gasteiger partial charge on any atom is 0.375 e. The summed E-state index contributed by atoms with van der Waals surface area (Å²) in [5, 5.41) is -1.52. The quantitative estimate of drug-likeness (QED) is 0.369. The molecule has 0 aliphatic rings. The van der Waals surface area contributed by atoms with Gasteiger partial charge >= 0.3 is 13.6 Å². The van der Waals surface area contributed by atoms with Crippen LogP contribution in [0.1, 0.15) is 41.0 Å². The number of carbonyl (C=O) groups is 2. The standard InChI is InChI=1S/C12H23O6P/c1-6-12(5,10(13)11(14)16-7-2)19(15,17-8-3)18-9-4/h6-9H2,1-5H3. The molecule has 6 nitrogen and oxygen atoms in total. The van der Waals surface area contributed by atoms with Crippen LogP contribution in [0, 0.1) is 0 Å². The molecule has 0 bridgehead atoms. The minimum atomic E-state index is -3.73. The Morgan fingerprint density at radius 2 is 1.47 bits per heavy atom. The minimum absolute atomic E-state index is 0.0813. The van der Waals surface area contributed by atoms with Crippen molar-refractivity contribution in [3.05, 3.63) is 0 Å². The van der Waals surface area contributed by atoms with Gasteiger partial charge < -0.3 is 13.8 Å². The maximum atomic E-state index is 12.7. The average Bonchev–Trinajstić information content (AvgIpc) is 2.37. The van der Waals surface area contributed by atoms with Gasteiger partial charge in [-0.1, -0.05) is 6.92 Å². The lowest BCUT2D eigenvalue weighted by atomic mass is 10.0. The lowest BCUT2D eigenvalue weighted by molar-refractivity contribution is -0.154. The number of carbonyl (C=O) groups excluding carboxylic acids is 2. The summed E-state index contributed by atoms with van der Waals surface area (Å²) in [5.74, 6) is -1.88. The highest BCUT2D eigenvalue weighted by atomic mass is 31.2. The second kappa shape index (κ2) is 7.78. The zero-order valence-electron chi connectivity index (χ0n) is 12.2. The molecule has 0 aromatic heterocycles. The summed E-state index contributed by atoms with van der Waals surface area (Å²) in [7, 11) is -3.73. The maximum absolute atomic E-state index is 12.7. The molecule has 0 aliphatic heterocycles. The number of Topliss-reactive ketones (excluding diaryl/α,β-unsaturated/α-hetero) is 1. The molecule has 1 unspecified atom stereocenters. The SMILES string of the molecule is CCOC(=O)C(=O)C(C)(CC)P(=O)(OCC)OCC. The Hall–Kier alpha value is -0.710. The van der Waals surface area contributed by atoms with Crippen LogP contribution in [0.15, 0.2) is 0 Å². The van der Waals surface area contributed by atoms with Crippen LogP contribution < -0.4 is 0 Å². The van der Waals surface area contributed by atoms with E-state index in [0.29, 0.717) is 0 Å². The molecular weight excluding hydrogens is 271 g/mol. The molecule has 0 radical (unpaired) electrons. The van der Waals surface area contributed by atoms with Crippen molar-refractivity contribution in [3.63, 3.8) is 0 Å². The van der Waals surface area contributed by atoms with E-state index in [0.717, 1.165) is 0 Å². The number of hydrogen-bond acceptors (Lipinski definition) is 6. The van der Waals surface area contributed by atoms with Crippen molar-refractivity contribution in [2.75, 3.05) is 19.8 Å². The van der Waals surface area contributed by atoms with Crippen molar-refractivity contribution in [2.24, 2.45) is 0 Å². The number of hydrogen-bond donors (Lipinski definition) is 0. The van der Waals surface area contributed by atoms with E-state index in [1.807, 2.05) is 0 Å². The van der Waals surface area contributed by atoms with E-state index in [1.54, 1.807) is 27.7 Å². The first-order valence-electron chi connectivity index (χ1n) is 6.43. The minimum Gasteiger partial charge on any atom is -0.460 e. The van der Waals surface area contributed by atoms with Gasteiger partial charge in [0.1, 0.15) is 5.16 Å². The lowest BCUT2D eigenvalue weighted by Crippen LogP contribution is -2.41. The van der Waals surface area contributed by atoms with Crippen molar-refractivity contribution < 1.29 is 27.9 Å². The Bertz CT molecular complexity index is 357. The zero-order valence-corrected chi connectivity index (χ0v) is 13.1. The molecule has 19 heavy (non-hydrogen) atoms. The van der Waals surface area contributed by atoms with Gasteiger partial charge in [-0.25, -0.2) is 4.79 Å². The van der Waals surface area contributed by atoms with Gasteiger partial charge in [-0.15, -0.1) is 0 Å². The molecule has 0 saturated heterocycles. The van der Waals surface area contributed by atoms with Gasteiger partial charge in [-0.2, -0.15) is 0 Å². The fourth-order valence-electron chi connectivity index (χ4n) is 1.56. The highest BCUT2D eigenvalue weighted by Gasteiger charge is 2.54. The smallest absolute Gasteiger partial charge is 0.375 e. The zero-order chi connectivity index (χ0) is 15.1. The van der Waals surface area contributed by atoms with Gasteiger partial charge in [-0.05, 0) is 34.1 Å². The first kappa shape index (κ1) is 18.3. The van der Waals surface area contributed by atoms with Gasteiger partial charge in [-0.3, -0.25) is 9.36 Å². The molecule has 0 aromatic carbocycles. The van der Waals surface area contributed by atoms with Crippen LogP contribution >= 0.6 is 7.60 Å². The molecule has 7 heteroatoms. The Labute approximate surface area is 114 Å². The molecular formula is C12H23O6P. The highest BCUT2D eigenvalue weighted by Crippen LogP contribution is 2.61. The van der Waals surface area contributed by atoms with E-state index in [9.17, 15) is 14.2 Å². The molecule has 0 N–H and O–H groups in total. The average molecular weight is 294 g/mol. The molecule has 1 atom stereocenters. The van der Waals surface area contributed by atoms with E-state index in [2.05, 4.69) is 4.74 Å². The largest absolute Gasteiger partial charge is 0.460 e. The summed E-state index contributed by atoms with van der Waals surface area (Å²) in [4.78, 5) is 23.8. The van der Waals surface area contributed by atoms with E-state index in [1.165, 1.54) is 6.92 Å². The summed E-state index contributed by atoms with van der Waals surface area (Å²) in [6, 6.07) is 0. The predicted molar refractivity (Wildman–Crippen MR) is 71.2 cm³/mol. The normalized spacial score (nSPS) is 14.8. The fraction of sp³-hybridized carbons (Fsp3) is 0.833. The molecule has 0 amide bonds. The van der Waals surface area contributed by atoms with Crippen LogP contribution in [0.2, 0.25) is 0 Å². The van der Waals surface area contributed by atoms with E-state index < -0.39 is 24.5 Å². The van der Waals surface area contributed by atoms with Gasteiger partial charge in [0.2, 0.25) is 0 Å². The number of esters is 1. The molecule has 0 aliphatic carbocycles. The first-order chi connectivity index (χ1) is 8.82. The second-order valence-electron chi connectivity index (χ2n) is 4.01. The third kappa shape index (κ3) is 3.88. The molecule has 112 valence electrons. The van der Waals surface area contributed by atoms with Crippen LogP contribution in [-0.2, 0) is 27.9 Å². The third-order valence-corrected chi connectivity index (χ3v) is 5.77. The monoisotopic (exact) mass is 294 g/mol. The van der Waals surface area contributed by atoms with Crippen LogP contribution in [-0.4, -0.2) is 36.7 Å². The second-order valence-corrected chi connectivity index (χ2v) is 6.51.